The van der Waals surface area contributed by atoms with Crippen molar-refractivity contribution in [2.24, 2.45) is 4.40 Å². The molecule has 22 heavy (non-hydrogen) atoms. The van der Waals surface area contributed by atoms with Crippen LogP contribution in [0.3, 0.4) is 0 Å². The first-order chi connectivity index (χ1) is 10.4. The molecule has 1 atom stereocenters. The van der Waals surface area contributed by atoms with Crippen LogP contribution in [0.15, 0.2) is 52.9 Å². The van der Waals surface area contributed by atoms with Gasteiger partial charge in [0.25, 0.3) is 0 Å². The Kier molecular flexibility index (Phi) is 5.14. The van der Waals surface area contributed by atoms with Crippen molar-refractivity contribution in [3.05, 3.63) is 59.7 Å². The van der Waals surface area contributed by atoms with E-state index < -0.39 is 11.0 Å². The van der Waals surface area contributed by atoms with Gasteiger partial charge >= 0.3 is 0 Å². The summed E-state index contributed by atoms with van der Waals surface area (Å²) in [7, 11) is -1.24. The average Bonchev–Trinajstić information content (AvgIpc) is 2.47. The number of hydrogen-bond acceptors (Lipinski definition) is 2. The lowest BCUT2D eigenvalue weighted by atomic mass is 10.1. The van der Waals surface area contributed by atoms with E-state index in [0.29, 0.717) is 0 Å². The summed E-state index contributed by atoms with van der Waals surface area (Å²) in [6, 6.07) is 15.5. The van der Waals surface area contributed by atoms with Crippen molar-refractivity contribution in [1.29, 1.82) is 0 Å². The molecule has 4 heteroatoms. The Bertz CT molecular complexity index is 688. The molecule has 0 spiro atoms. The number of ether oxygens (including phenoxy) is 1. The third kappa shape index (κ3) is 4.53. The number of para-hydroxylation sites is 1. The molecule has 0 bridgehead atoms. The van der Waals surface area contributed by atoms with Crippen LogP contribution in [0.2, 0.25) is 0 Å². The lowest BCUT2D eigenvalue weighted by molar-refractivity contribution is 0.479. The van der Waals surface area contributed by atoms with Crippen molar-refractivity contribution in [3.8, 4) is 11.5 Å². The van der Waals surface area contributed by atoms with Gasteiger partial charge in [0.1, 0.15) is 22.5 Å². The molecule has 0 radical (unpaired) electrons. The quantitative estimate of drug-likeness (QED) is 0.769. The van der Waals surface area contributed by atoms with E-state index in [9.17, 15) is 4.21 Å². The molecule has 0 aromatic heterocycles. The first kappa shape index (κ1) is 16.4. The van der Waals surface area contributed by atoms with Crippen LogP contribution >= 0.6 is 0 Å². The van der Waals surface area contributed by atoms with Gasteiger partial charge < -0.3 is 4.74 Å². The van der Waals surface area contributed by atoms with Crippen LogP contribution < -0.4 is 4.74 Å². The summed E-state index contributed by atoms with van der Waals surface area (Å²) in [6.07, 6.45) is 1.65. The molecule has 2 rings (SSSR count). The summed E-state index contributed by atoms with van der Waals surface area (Å²) in [5, 5.41) is 0. The van der Waals surface area contributed by atoms with Crippen molar-refractivity contribution in [3.63, 3.8) is 0 Å². The first-order valence-electron chi connectivity index (χ1n) is 7.16. The largest absolute Gasteiger partial charge is 0.457 e. The Morgan fingerprint density at radius 2 is 1.77 bits per heavy atom. The van der Waals surface area contributed by atoms with E-state index in [2.05, 4.69) is 4.40 Å². The van der Waals surface area contributed by atoms with E-state index in [1.165, 1.54) is 0 Å². The molecule has 0 aliphatic carbocycles. The molecule has 0 fully saturated rings. The van der Waals surface area contributed by atoms with Gasteiger partial charge in [-0.3, -0.25) is 0 Å². The van der Waals surface area contributed by atoms with Gasteiger partial charge in [0.15, 0.2) is 0 Å². The van der Waals surface area contributed by atoms with E-state index in [-0.39, 0.29) is 4.75 Å². The highest BCUT2D eigenvalue weighted by Gasteiger charge is 2.18. The third-order valence-electron chi connectivity index (χ3n) is 2.99. The molecule has 0 unspecified atom stereocenters. The van der Waals surface area contributed by atoms with Gasteiger partial charge in [-0.25, -0.2) is 4.21 Å². The maximum Gasteiger partial charge on any atom is 0.144 e. The molecule has 2 aromatic rings. The molecule has 0 aliphatic heterocycles. The van der Waals surface area contributed by atoms with Crippen LogP contribution in [-0.2, 0) is 11.0 Å². The van der Waals surface area contributed by atoms with Gasteiger partial charge in [-0.05, 0) is 69.2 Å². The predicted octanol–water partition coefficient (Wildman–Crippen LogP) is 4.67. The second-order valence-corrected chi connectivity index (χ2v) is 7.97. The van der Waals surface area contributed by atoms with Crippen molar-refractivity contribution in [1.82, 2.24) is 0 Å². The van der Waals surface area contributed by atoms with Gasteiger partial charge in [0.05, 0.1) is 4.75 Å². The van der Waals surface area contributed by atoms with Crippen LogP contribution in [0, 0.1) is 6.92 Å². The van der Waals surface area contributed by atoms with Gasteiger partial charge in [-0.15, -0.1) is 0 Å². The van der Waals surface area contributed by atoms with Crippen LogP contribution in [0.4, 0.5) is 0 Å². The zero-order valence-electron chi connectivity index (χ0n) is 13.4. The monoisotopic (exact) mass is 315 g/mol. The zero-order valence-corrected chi connectivity index (χ0v) is 14.2. The van der Waals surface area contributed by atoms with E-state index in [1.54, 1.807) is 6.21 Å². The fourth-order valence-electron chi connectivity index (χ4n) is 1.75. The SMILES string of the molecule is Cc1cc(/C=N/[S@](=O)C(C)(C)C)ccc1Oc1ccccc1. The normalized spacial score (nSPS) is 13.3. The number of rotatable bonds is 4. The average molecular weight is 315 g/mol. The molecule has 0 amide bonds. The maximum absolute atomic E-state index is 11.9. The Labute approximate surface area is 134 Å². The zero-order chi connectivity index (χ0) is 16.2. The van der Waals surface area contributed by atoms with E-state index in [0.717, 1.165) is 22.6 Å². The Morgan fingerprint density at radius 3 is 2.36 bits per heavy atom. The minimum atomic E-state index is -1.24. The third-order valence-corrected chi connectivity index (χ3v) is 4.34. The summed E-state index contributed by atoms with van der Waals surface area (Å²) >= 11 is 0. The molecule has 0 N–H and O–H groups in total. The fraction of sp³-hybridized carbons (Fsp3) is 0.278. The minimum absolute atomic E-state index is 0.345. The van der Waals surface area contributed by atoms with E-state index in [4.69, 9.17) is 4.74 Å². The number of benzene rings is 2. The molecular formula is C18H21NO2S. The molecular weight excluding hydrogens is 294 g/mol. The fourth-order valence-corrected chi connectivity index (χ4v) is 2.28. The molecule has 2 aromatic carbocycles. The molecule has 3 nitrogen and oxygen atoms in total. The van der Waals surface area contributed by atoms with E-state index >= 15 is 0 Å². The van der Waals surface area contributed by atoms with Crippen molar-refractivity contribution < 1.29 is 8.95 Å². The van der Waals surface area contributed by atoms with Gasteiger partial charge in [0.2, 0.25) is 0 Å². The Morgan fingerprint density at radius 1 is 1.09 bits per heavy atom. The number of hydrogen-bond donors (Lipinski definition) is 0. The summed E-state index contributed by atoms with van der Waals surface area (Å²) in [5.41, 5.74) is 1.92. The second kappa shape index (κ2) is 6.88. The van der Waals surface area contributed by atoms with E-state index in [1.807, 2.05) is 76.2 Å². The summed E-state index contributed by atoms with van der Waals surface area (Å²) in [5.74, 6) is 1.61. The lowest BCUT2D eigenvalue weighted by Gasteiger charge is -2.13. The summed E-state index contributed by atoms with van der Waals surface area (Å²) < 4.78 is 21.5. The number of nitrogens with zero attached hydrogens (tertiary/aromatic N) is 1. The van der Waals surface area contributed by atoms with Crippen LogP contribution in [-0.4, -0.2) is 15.2 Å². The van der Waals surface area contributed by atoms with Crippen LogP contribution in [0.5, 0.6) is 11.5 Å². The molecule has 0 aliphatic rings. The van der Waals surface area contributed by atoms with Crippen molar-refractivity contribution in [2.75, 3.05) is 0 Å². The Balaban J connectivity index is 2.13. The van der Waals surface area contributed by atoms with Crippen molar-refractivity contribution in [2.45, 2.75) is 32.4 Å². The summed E-state index contributed by atoms with van der Waals surface area (Å²) in [6.45, 7) is 7.70. The minimum Gasteiger partial charge on any atom is -0.457 e. The molecule has 0 saturated heterocycles. The van der Waals surface area contributed by atoms with Crippen molar-refractivity contribution >= 4 is 17.2 Å². The second-order valence-electron chi connectivity index (χ2n) is 6.04. The molecule has 0 saturated carbocycles. The highest BCUT2D eigenvalue weighted by Crippen LogP contribution is 2.25. The maximum atomic E-state index is 11.9. The summed E-state index contributed by atoms with van der Waals surface area (Å²) in [4.78, 5) is 0. The topological polar surface area (TPSA) is 38.7 Å². The predicted molar refractivity (Wildman–Crippen MR) is 93.2 cm³/mol. The highest BCUT2D eigenvalue weighted by molar-refractivity contribution is 7.85. The van der Waals surface area contributed by atoms with Gasteiger partial charge in [0, 0.05) is 6.21 Å². The number of aryl methyl sites for hydroxylation is 1. The van der Waals surface area contributed by atoms with Gasteiger partial charge in [-0.1, -0.05) is 18.2 Å². The molecule has 0 heterocycles. The van der Waals surface area contributed by atoms with Crippen LogP contribution in [0.25, 0.3) is 0 Å². The standard InChI is InChI=1S/C18H21NO2S/c1-14-12-15(13-19-22(20)18(2,3)4)10-11-17(14)21-16-8-6-5-7-9-16/h5-13H,1-4H3/b19-13+/t22-/m1/s1. The first-order valence-corrected chi connectivity index (χ1v) is 8.26. The smallest absolute Gasteiger partial charge is 0.144 e. The van der Waals surface area contributed by atoms with Crippen LogP contribution in [0.1, 0.15) is 31.9 Å². The molecule has 116 valence electrons. The Hall–Kier alpha value is -1.94. The van der Waals surface area contributed by atoms with Gasteiger partial charge in [-0.2, -0.15) is 4.40 Å². The highest BCUT2D eigenvalue weighted by atomic mass is 32.2. The lowest BCUT2D eigenvalue weighted by Crippen LogP contribution is -2.19.